The van der Waals surface area contributed by atoms with E-state index in [-0.39, 0.29) is 23.4 Å². The second-order valence-corrected chi connectivity index (χ2v) is 6.14. The van der Waals surface area contributed by atoms with Crippen molar-refractivity contribution in [2.75, 3.05) is 13.1 Å². The van der Waals surface area contributed by atoms with Crippen molar-refractivity contribution < 1.29 is 9.18 Å². The Balaban J connectivity index is 1.64. The van der Waals surface area contributed by atoms with Gasteiger partial charge in [0.15, 0.2) is 0 Å². The van der Waals surface area contributed by atoms with E-state index in [4.69, 9.17) is 5.73 Å². The first-order valence-corrected chi connectivity index (χ1v) is 7.86. The number of halogens is 1. The summed E-state index contributed by atoms with van der Waals surface area (Å²) in [5.41, 5.74) is 8.64. The van der Waals surface area contributed by atoms with Crippen molar-refractivity contribution in [3.05, 3.63) is 65.7 Å². The van der Waals surface area contributed by atoms with Crippen molar-refractivity contribution in [1.29, 1.82) is 0 Å². The number of rotatable bonds is 2. The van der Waals surface area contributed by atoms with Crippen LogP contribution < -0.4 is 5.73 Å². The summed E-state index contributed by atoms with van der Waals surface area (Å²) in [6.07, 6.45) is 1.46. The first kappa shape index (κ1) is 14.8. The molecule has 1 aliphatic rings. The van der Waals surface area contributed by atoms with Crippen LogP contribution in [0.2, 0.25) is 0 Å². The van der Waals surface area contributed by atoms with E-state index in [1.807, 2.05) is 30.3 Å². The monoisotopic (exact) mass is 324 g/mol. The molecule has 0 spiro atoms. The Morgan fingerprint density at radius 1 is 1.25 bits per heavy atom. The number of carbonyl (C=O) groups is 1. The third-order valence-corrected chi connectivity index (χ3v) is 4.60. The molecular weight excluding hydrogens is 307 g/mol. The van der Waals surface area contributed by atoms with Gasteiger partial charge >= 0.3 is 0 Å². The normalized spacial score (nSPS) is 20.7. The Bertz CT molecular complexity index is 892. The zero-order chi connectivity index (χ0) is 16.7. The molecule has 1 aromatic heterocycles. The minimum atomic E-state index is -0.460. The smallest absolute Gasteiger partial charge is 0.256 e. The van der Waals surface area contributed by atoms with E-state index in [0.29, 0.717) is 24.1 Å². The highest BCUT2D eigenvalue weighted by atomic mass is 19.1. The Hall–Kier alpha value is -2.73. The Kier molecular flexibility index (Phi) is 3.54. The van der Waals surface area contributed by atoms with Crippen LogP contribution in [0, 0.1) is 5.82 Å². The largest absolute Gasteiger partial charge is 0.344 e. The lowest BCUT2D eigenvalue weighted by molar-refractivity contribution is 0.0790. The van der Waals surface area contributed by atoms with E-state index in [1.165, 1.54) is 18.5 Å². The van der Waals surface area contributed by atoms with Crippen molar-refractivity contribution in [3.63, 3.8) is 0 Å². The quantitative estimate of drug-likeness (QED) is 0.759. The molecule has 0 saturated carbocycles. The minimum absolute atomic E-state index is 0.0818. The summed E-state index contributed by atoms with van der Waals surface area (Å²) < 4.78 is 13.8. The zero-order valence-electron chi connectivity index (χ0n) is 12.9. The molecule has 6 heteroatoms. The fourth-order valence-electron chi connectivity index (χ4n) is 3.40. The summed E-state index contributed by atoms with van der Waals surface area (Å²) in [5, 5.41) is 0. The average Bonchev–Trinajstić information content (AvgIpc) is 3.20. The van der Waals surface area contributed by atoms with Crippen molar-refractivity contribution in [1.82, 2.24) is 14.9 Å². The number of hydrogen-bond acceptors (Lipinski definition) is 3. The molecule has 0 aliphatic carbocycles. The summed E-state index contributed by atoms with van der Waals surface area (Å²) in [7, 11) is 0. The third kappa shape index (κ3) is 2.45. The molecule has 122 valence electrons. The third-order valence-electron chi connectivity index (χ3n) is 4.60. The number of imidazole rings is 1. The molecule has 3 aromatic rings. The molecule has 1 saturated heterocycles. The van der Waals surface area contributed by atoms with Crippen LogP contribution in [-0.2, 0) is 0 Å². The second-order valence-electron chi connectivity index (χ2n) is 6.14. The lowest BCUT2D eigenvalue weighted by Crippen LogP contribution is -2.32. The van der Waals surface area contributed by atoms with Gasteiger partial charge in [-0.25, -0.2) is 9.37 Å². The van der Waals surface area contributed by atoms with Gasteiger partial charge in [0, 0.05) is 25.0 Å². The Morgan fingerprint density at radius 2 is 2.04 bits per heavy atom. The molecule has 3 N–H and O–H groups in total. The van der Waals surface area contributed by atoms with Crippen LogP contribution in [0.1, 0.15) is 21.8 Å². The molecule has 0 radical (unpaired) electrons. The lowest BCUT2D eigenvalue weighted by Gasteiger charge is -2.17. The van der Waals surface area contributed by atoms with Crippen molar-refractivity contribution in [2.24, 2.45) is 5.73 Å². The van der Waals surface area contributed by atoms with Crippen LogP contribution in [0.25, 0.3) is 11.0 Å². The van der Waals surface area contributed by atoms with E-state index in [0.717, 1.165) is 5.56 Å². The van der Waals surface area contributed by atoms with Crippen LogP contribution in [-0.4, -0.2) is 39.9 Å². The highest BCUT2D eigenvalue weighted by Gasteiger charge is 2.35. The number of nitrogens with one attached hydrogen (secondary N) is 1. The number of carbonyl (C=O) groups excluding carboxylic acids is 1. The summed E-state index contributed by atoms with van der Waals surface area (Å²) in [5.74, 6) is -0.614. The predicted molar refractivity (Wildman–Crippen MR) is 89.1 cm³/mol. The number of fused-ring (bicyclic) bond motifs is 1. The van der Waals surface area contributed by atoms with Gasteiger partial charge in [-0.2, -0.15) is 0 Å². The van der Waals surface area contributed by atoms with Crippen LogP contribution in [0.3, 0.4) is 0 Å². The molecule has 0 bridgehead atoms. The molecule has 24 heavy (non-hydrogen) atoms. The summed E-state index contributed by atoms with van der Waals surface area (Å²) >= 11 is 0. The summed E-state index contributed by atoms with van der Waals surface area (Å²) in [6, 6.07) is 12.4. The number of aromatic amines is 1. The minimum Gasteiger partial charge on any atom is -0.344 e. The Morgan fingerprint density at radius 3 is 2.83 bits per heavy atom. The summed E-state index contributed by atoms with van der Waals surface area (Å²) in [4.78, 5) is 21.6. The van der Waals surface area contributed by atoms with Gasteiger partial charge in [-0.3, -0.25) is 4.79 Å². The van der Waals surface area contributed by atoms with Crippen LogP contribution in [0.15, 0.2) is 48.8 Å². The van der Waals surface area contributed by atoms with Crippen molar-refractivity contribution in [3.8, 4) is 0 Å². The SMILES string of the molecule is N[C@@H]1CN(C(=O)c2cc(F)cc3[nH]cnc23)C[C@H]1c1ccccc1. The van der Waals surface area contributed by atoms with Gasteiger partial charge in [0.2, 0.25) is 0 Å². The second kappa shape index (κ2) is 5.72. The molecule has 1 fully saturated rings. The van der Waals surface area contributed by atoms with Gasteiger partial charge in [-0.05, 0) is 17.7 Å². The number of aromatic nitrogens is 2. The topological polar surface area (TPSA) is 75.0 Å². The van der Waals surface area contributed by atoms with Gasteiger partial charge in [0.05, 0.1) is 17.4 Å². The lowest BCUT2D eigenvalue weighted by atomic mass is 9.95. The molecule has 2 aromatic carbocycles. The van der Waals surface area contributed by atoms with Gasteiger partial charge < -0.3 is 15.6 Å². The molecule has 1 aliphatic heterocycles. The molecule has 5 nitrogen and oxygen atoms in total. The number of benzene rings is 2. The fourth-order valence-corrected chi connectivity index (χ4v) is 3.40. The van der Waals surface area contributed by atoms with Gasteiger partial charge in [0.25, 0.3) is 5.91 Å². The van der Waals surface area contributed by atoms with Crippen molar-refractivity contribution >= 4 is 16.9 Å². The van der Waals surface area contributed by atoms with E-state index in [9.17, 15) is 9.18 Å². The van der Waals surface area contributed by atoms with Crippen LogP contribution >= 0.6 is 0 Å². The first-order valence-electron chi connectivity index (χ1n) is 7.86. The predicted octanol–water partition coefficient (Wildman–Crippen LogP) is 2.27. The molecular formula is C18H17FN4O. The van der Waals surface area contributed by atoms with Crippen LogP contribution in [0.4, 0.5) is 4.39 Å². The zero-order valence-corrected chi connectivity index (χ0v) is 12.9. The first-order chi connectivity index (χ1) is 11.6. The molecule has 4 rings (SSSR count). The number of H-pyrrole nitrogens is 1. The maximum absolute atomic E-state index is 13.8. The highest BCUT2D eigenvalue weighted by Crippen LogP contribution is 2.28. The average molecular weight is 324 g/mol. The van der Waals surface area contributed by atoms with Crippen LogP contribution in [0.5, 0.6) is 0 Å². The van der Waals surface area contributed by atoms with Gasteiger partial charge in [-0.15, -0.1) is 0 Å². The molecule has 0 unspecified atom stereocenters. The fraction of sp³-hybridized carbons (Fsp3) is 0.222. The molecule has 2 atom stereocenters. The van der Waals surface area contributed by atoms with E-state index < -0.39 is 5.82 Å². The van der Waals surface area contributed by atoms with Gasteiger partial charge in [-0.1, -0.05) is 30.3 Å². The van der Waals surface area contributed by atoms with E-state index in [2.05, 4.69) is 9.97 Å². The van der Waals surface area contributed by atoms with Gasteiger partial charge in [0.1, 0.15) is 11.3 Å². The Labute approximate surface area is 138 Å². The molecule has 2 heterocycles. The standard InChI is InChI=1S/C18H17FN4O/c19-12-6-13(17-16(7-12)21-10-22-17)18(24)23-8-14(15(20)9-23)11-4-2-1-3-5-11/h1-7,10,14-15H,8-9,20H2,(H,21,22)/t14-,15+/m0/s1. The maximum atomic E-state index is 13.8. The number of amides is 1. The van der Waals surface area contributed by atoms with E-state index >= 15 is 0 Å². The number of nitrogens with two attached hydrogens (primary N) is 1. The van der Waals surface area contributed by atoms with E-state index in [1.54, 1.807) is 4.90 Å². The number of hydrogen-bond donors (Lipinski definition) is 2. The van der Waals surface area contributed by atoms with Crippen molar-refractivity contribution in [2.45, 2.75) is 12.0 Å². The highest BCUT2D eigenvalue weighted by molar-refractivity contribution is 6.05. The molecule has 1 amide bonds. The maximum Gasteiger partial charge on any atom is 0.256 e. The summed E-state index contributed by atoms with van der Waals surface area (Å²) in [6.45, 7) is 0.966. The number of likely N-dealkylation sites (tertiary alicyclic amines) is 1. The number of nitrogens with zero attached hydrogens (tertiary/aromatic N) is 2.